The molecule has 6 nitrogen and oxygen atoms in total. The Balaban J connectivity index is 0.00000182. The Morgan fingerprint density at radius 3 is 2.76 bits per heavy atom. The molecule has 0 atom stereocenters. The first-order valence-corrected chi connectivity index (χ1v) is 9.74. The van der Waals surface area contributed by atoms with Crippen LogP contribution in [0.4, 0.5) is 0 Å². The highest BCUT2D eigenvalue weighted by atomic mass is 127. The summed E-state index contributed by atoms with van der Waals surface area (Å²) in [4.78, 5) is 7.38. The minimum Gasteiger partial charge on any atom is -0.357 e. The molecule has 7 heteroatoms. The van der Waals surface area contributed by atoms with Crippen molar-refractivity contribution in [3.8, 4) is 0 Å². The zero-order valence-electron chi connectivity index (χ0n) is 15.3. The smallest absolute Gasteiger partial charge is 0.194 e. The van der Waals surface area contributed by atoms with Crippen LogP contribution in [0.1, 0.15) is 63.5 Å². The monoisotopic (exact) mass is 458 g/mol. The van der Waals surface area contributed by atoms with Crippen molar-refractivity contribution in [3.63, 3.8) is 0 Å². The number of hydrogen-bond acceptors (Lipinski definition) is 3. The Morgan fingerprint density at radius 2 is 1.96 bits per heavy atom. The highest BCUT2D eigenvalue weighted by Gasteiger charge is 2.41. The van der Waals surface area contributed by atoms with Crippen LogP contribution in [0.3, 0.4) is 0 Å². The van der Waals surface area contributed by atoms with Crippen LogP contribution in [-0.2, 0) is 19.5 Å². The van der Waals surface area contributed by atoms with Gasteiger partial charge in [-0.25, -0.2) is 4.99 Å². The summed E-state index contributed by atoms with van der Waals surface area (Å²) in [5, 5.41) is 12.2. The zero-order valence-corrected chi connectivity index (χ0v) is 17.7. The van der Waals surface area contributed by atoms with E-state index in [1.807, 2.05) is 0 Å². The second-order valence-electron chi connectivity index (χ2n) is 7.69. The van der Waals surface area contributed by atoms with Crippen LogP contribution in [0.15, 0.2) is 4.99 Å². The molecule has 0 unspecified atom stereocenters. The molecule has 0 bridgehead atoms. The van der Waals surface area contributed by atoms with Gasteiger partial charge in [-0.05, 0) is 44.4 Å². The van der Waals surface area contributed by atoms with E-state index in [0.29, 0.717) is 12.0 Å². The Kier molecular flexibility index (Phi) is 6.22. The molecular weight excluding hydrogens is 427 g/mol. The van der Waals surface area contributed by atoms with Gasteiger partial charge in [-0.3, -0.25) is 0 Å². The predicted octanol–water partition coefficient (Wildman–Crippen LogP) is 2.96. The van der Waals surface area contributed by atoms with Crippen molar-refractivity contribution in [1.82, 2.24) is 25.0 Å². The molecule has 0 amide bonds. The molecule has 0 aromatic carbocycles. The predicted molar refractivity (Wildman–Crippen MR) is 110 cm³/mol. The summed E-state index contributed by atoms with van der Waals surface area (Å²) in [5.41, 5.74) is 0.574. The lowest BCUT2D eigenvalue weighted by molar-refractivity contribution is 0.309. The molecule has 1 aromatic rings. The standard InChI is InChI=1S/C18H30N6.HI/c1-2-19-17(23-12-10-18(14-23)8-4-5-9-18)20-13-16-22-21-15-7-3-6-11-24(15)16;/h2-14H2,1H3,(H,19,20);1H. The number of nitrogens with zero attached hydrogens (tertiary/aromatic N) is 5. The number of halogens is 1. The van der Waals surface area contributed by atoms with E-state index in [9.17, 15) is 0 Å². The first kappa shape index (κ1) is 18.9. The van der Waals surface area contributed by atoms with E-state index in [-0.39, 0.29) is 24.0 Å². The topological polar surface area (TPSA) is 58.3 Å². The summed E-state index contributed by atoms with van der Waals surface area (Å²) < 4.78 is 2.28. The van der Waals surface area contributed by atoms with Crippen LogP contribution in [0.5, 0.6) is 0 Å². The number of aryl methyl sites for hydroxylation is 1. The Hall–Kier alpha value is -0.860. The summed E-state index contributed by atoms with van der Waals surface area (Å²) >= 11 is 0. The lowest BCUT2D eigenvalue weighted by Crippen LogP contribution is -2.41. The van der Waals surface area contributed by atoms with E-state index in [1.165, 1.54) is 51.5 Å². The molecule has 2 aliphatic heterocycles. The second kappa shape index (κ2) is 8.22. The molecule has 1 saturated carbocycles. The van der Waals surface area contributed by atoms with Gasteiger partial charge in [0, 0.05) is 32.6 Å². The molecule has 140 valence electrons. The first-order chi connectivity index (χ1) is 11.8. The van der Waals surface area contributed by atoms with E-state index in [4.69, 9.17) is 4.99 Å². The number of fused-ring (bicyclic) bond motifs is 1. The van der Waals surface area contributed by atoms with Gasteiger partial charge in [-0.2, -0.15) is 0 Å². The van der Waals surface area contributed by atoms with Crippen LogP contribution in [0.25, 0.3) is 0 Å². The van der Waals surface area contributed by atoms with Crippen LogP contribution in [0, 0.1) is 5.41 Å². The van der Waals surface area contributed by atoms with Crippen molar-refractivity contribution in [2.45, 2.75) is 71.4 Å². The molecule has 4 rings (SSSR count). The van der Waals surface area contributed by atoms with Gasteiger partial charge in [0.25, 0.3) is 0 Å². The number of likely N-dealkylation sites (tertiary alicyclic amines) is 1. The van der Waals surface area contributed by atoms with Crippen molar-refractivity contribution in [3.05, 3.63) is 11.6 Å². The maximum atomic E-state index is 4.91. The fraction of sp³-hybridized carbons (Fsp3) is 0.833. The minimum absolute atomic E-state index is 0. The molecular formula is C18H31IN6. The maximum Gasteiger partial charge on any atom is 0.194 e. The Morgan fingerprint density at radius 1 is 1.12 bits per heavy atom. The van der Waals surface area contributed by atoms with Gasteiger partial charge in [-0.15, -0.1) is 34.2 Å². The molecule has 25 heavy (non-hydrogen) atoms. The first-order valence-electron chi connectivity index (χ1n) is 9.74. The van der Waals surface area contributed by atoms with E-state index in [2.05, 4.69) is 31.9 Å². The SMILES string of the molecule is CCNC(=NCc1nnc2n1CCCC2)N1CCC2(CCCC2)C1.I. The molecule has 1 N–H and O–H groups in total. The summed E-state index contributed by atoms with van der Waals surface area (Å²) in [6, 6.07) is 0. The molecule has 1 aliphatic carbocycles. The number of hydrogen-bond donors (Lipinski definition) is 1. The fourth-order valence-corrected chi connectivity index (χ4v) is 4.71. The van der Waals surface area contributed by atoms with Crippen LogP contribution in [0.2, 0.25) is 0 Å². The zero-order chi connectivity index (χ0) is 16.4. The van der Waals surface area contributed by atoms with Crippen molar-refractivity contribution in [2.24, 2.45) is 10.4 Å². The van der Waals surface area contributed by atoms with Crippen LogP contribution in [-0.4, -0.2) is 45.3 Å². The minimum atomic E-state index is 0. The molecule has 2 fully saturated rings. The molecule has 1 spiro atoms. The van der Waals surface area contributed by atoms with E-state index >= 15 is 0 Å². The number of aromatic nitrogens is 3. The van der Waals surface area contributed by atoms with Gasteiger partial charge in [-0.1, -0.05) is 12.8 Å². The van der Waals surface area contributed by atoms with Gasteiger partial charge in [0.15, 0.2) is 11.8 Å². The average Bonchev–Trinajstić information content (AvgIpc) is 3.33. The number of rotatable bonds is 3. The Bertz CT molecular complexity index is 605. The third-order valence-corrected chi connectivity index (χ3v) is 6.04. The van der Waals surface area contributed by atoms with Gasteiger partial charge >= 0.3 is 0 Å². The van der Waals surface area contributed by atoms with E-state index in [1.54, 1.807) is 0 Å². The normalized spacial score (nSPS) is 22.1. The van der Waals surface area contributed by atoms with Crippen molar-refractivity contribution < 1.29 is 0 Å². The molecule has 0 radical (unpaired) electrons. The van der Waals surface area contributed by atoms with Crippen molar-refractivity contribution >= 4 is 29.9 Å². The molecule has 1 aromatic heterocycles. The lowest BCUT2D eigenvalue weighted by atomic mass is 9.86. The van der Waals surface area contributed by atoms with Crippen LogP contribution >= 0.6 is 24.0 Å². The molecule has 3 heterocycles. The quantitative estimate of drug-likeness (QED) is 0.430. The number of guanidine groups is 1. The summed E-state index contributed by atoms with van der Waals surface area (Å²) in [5.74, 6) is 3.23. The highest BCUT2D eigenvalue weighted by Crippen LogP contribution is 2.45. The fourth-order valence-electron chi connectivity index (χ4n) is 4.71. The van der Waals surface area contributed by atoms with Crippen molar-refractivity contribution in [1.29, 1.82) is 0 Å². The average molecular weight is 458 g/mol. The third kappa shape index (κ3) is 3.95. The van der Waals surface area contributed by atoms with Gasteiger partial charge < -0.3 is 14.8 Å². The van der Waals surface area contributed by atoms with E-state index in [0.717, 1.165) is 43.7 Å². The molecule has 3 aliphatic rings. The summed E-state index contributed by atoms with van der Waals surface area (Å²) in [6.45, 7) is 7.08. The summed E-state index contributed by atoms with van der Waals surface area (Å²) in [7, 11) is 0. The van der Waals surface area contributed by atoms with Crippen LogP contribution < -0.4 is 5.32 Å². The van der Waals surface area contributed by atoms with E-state index < -0.39 is 0 Å². The number of aliphatic imine (C=N–C) groups is 1. The largest absolute Gasteiger partial charge is 0.357 e. The third-order valence-electron chi connectivity index (χ3n) is 6.04. The van der Waals surface area contributed by atoms with Gasteiger partial charge in [0.2, 0.25) is 0 Å². The summed E-state index contributed by atoms with van der Waals surface area (Å²) in [6.07, 6.45) is 10.5. The lowest BCUT2D eigenvalue weighted by Gasteiger charge is -2.26. The van der Waals surface area contributed by atoms with Gasteiger partial charge in [0.1, 0.15) is 12.4 Å². The van der Waals surface area contributed by atoms with Crippen molar-refractivity contribution in [2.75, 3.05) is 19.6 Å². The Labute approximate surface area is 167 Å². The molecule has 1 saturated heterocycles. The second-order valence-corrected chi connectivity index (χ2v) is 7.69. The van der Waals surface area contributed by atoms with Gasteiger partial charge in [0.05, 0.1) is 0 Å². The highest BCUT2D eigenvalue weighted by molar-refractivity contribution is 14.0. The number of nitrogens with one attached hydrogen (secondary N) is 1. The maximum absolute atomic E-state index is 4.91.